The van der Waals surface area contributed by atoms with Crippen molar-refractivity contribution < 1.29 is 33.2 Å². The third kappa shape index (κ3) is 14.5. The van der Waals surface area contributed by atoms with E-state index in [-0.39, 0.29) is 49.9 Å². The molecule has 160 valence electrons. The Morgan fingerprint density at radius 1 is 1.04 bits per heavy atom. The Labute approximate surface area is 173 Å². The van der Waals surface area contributed by atoms with Gasteiger partial charge in [-0.15, -0.1) is 0 Å². The highest BCUT2D eigenvalue weighted by atomic mass is 32.1. The van der Waals surface area contributed by atoms with Gasteiger partial charge in [0.15, 0.2) is 0 Å². The molecule has 11 heteroatoms. The van der Waals surface area contributed by atoms with Gasteiger partial charge in [0.05, 0.1) is 12.4 Å². The van der Waals surface area contributed by atoms with Gasteiger partial charge in [0, 0.05) is 13.0 Å². The van der Waals surface area contributed by atoms with Crippen molar-refractivity contribution in [2.75, 3.05) is 32.1 Å². The molecule has 0 heterocycles. The smallest absolute Gasteiger partial charge is 0.465 e. The number of carbonyl (C=O) groups excluding carboxylic acids is 2. The van der Waals surface area contributed by atoms with E-state index in [1.54, 1.807) is 6.92 Å². The standard InChI is InChI=1S/C16H32NO7PS2/c1-15(2,3)6-7-16(4,27)14(19)22-9-5-10-23-25(20,21)24-11-8-17-13(18)12-26/h20-21H,5-12H2,1-4H3,(H2-,17,18,26,27)/p+1. The molecule has 0 aliphatic heterocycles. The molecule has 0 aromatic heterocycles. The monoisotopic (exact) mass is 446 g/mol. The lowest BCUT2D eigenvalue weighted by Gasteiger charge is -2.26. The average Bonchev–Trinajstić information content (AvgIpc) is 2.55. The molecule has 0 aromatic rings. The molecule has 1 amide bonds. The number of ether oxygens (including phenoxy) is 1. The maximum absolute atomic E-state index is 12.1. The molecule has 8 nitrogen and oxygen atoms in total. The van der Waals surface area contributed by atoms with Crippen LogP contribution in [0, 0.1) is 5.41 Å². The van der Waals surface area contributed by atoms with Crippen molar-refractivity contribution in [3.05, 3.63) is 0 Å². The Kier molecular flexibility index (Phi) is 12.4. The molecular formula is C16H33NO7PS2+. The number of thiol groups is 2. The third-order valence-corrected chi connectivity index (χ3v) is 5.14. The van der Waals surface area contributed by atoms with E-state index in [0.717, 1.165) is 6.42 Å². The van der Waals surface area contributed by atoms with Crippen LogP contribution in [-0.2, 0) is 23.4 Å². The van der Waals surface area contributed by atoms with E-state index in [1.807, 2.05) is 0 Å². The first-order valence-corrected chi connectivity index (χ1v) is 11.3. The average molecular weight is 447 g/mol. The minimum Gasteiger partial charge on any atom is -0.465 e. The van der Waals surface area contributed by atoms with Crippen LogP contribution < -0.4 is 5.32 Å². The molecule has 0 spiro atoms. The largest absolute Gasteiger partial charge is 0.570 e. The van der Waals surface area contributed by atoms with Crippen molar-refractivity contribution in [2.24, 2.45) is 5.41 Å². The normalized spacial score (nSPS) is 14.5. The van der Waals surface area contributed by atoms with Gasteiger partial charge < -0.3 is 10.1 Å². The second kappa shape index (κ2) is 12.5. The van der Waals surface area contributed by atoms with E-state index in [0.29, 0.717) is 6.42 Å². The predicted molar refractivity (Wildman–Crippen MR) is 112 cm³/mol. The summed E-state index contributed by atoms with van der Waals surface area (Å²) < 4.78 is 14.0. The number of carbonyl (C=O) groups is 2. The van der Waals surface area contributed by atoms with Gasteiger partial charge >= 0.3 is 14.1 Å². The molecule has 0 bridgehead atoms. The lowest BCUT2D eigenvalue weighted by Crippen LogP contribution is -2.32. The van der Waals surface area contributed by atoms with Crippen LogP contribution >= 0.6 is 33.4 Å². The number of rotatable bonds is 13. The Morgan fingerprint density at radius 3 is 2.19 bits per heavy atom. The fraction of sp³-hybridized carbons (Fsp3) is 0.875. The molecule has 0 aliphatic rings. The predicted octanol–water partition coefficient (Wildman–Crippen LogP) is 2.18. The summed E-state index contributed by atoms with van der Waals surface area (Å²) in [4.78, 5) is 42.2. The molecule has 27 heavy (non-hydrogen) atoms. The van der Waals surface area contributed by atoms with E-state index >= 15 is 0 Å². The number of nitrogens with one attached hydrogen (secondary N) is 1. The summed E-state index contributed by atoms with van der Waals surface area (Å²) in [7, 11) is -3.96. The number of esters is 1. The highest BCUT2D eigenvalue weighted by Crippen LogP contribution is 2.52. The van der Waals surface area contributed by atoms with Crippen LogP contribution in [0.3, 0.4) is 0 Å². The Hall–Kier alpha value is -0.0900. The topological polar surface area (TPSA) is 114 Å². The van der Waals surface area contributed by atoms with Crippen LogP contribution in [0.25, 0.3) is 0 Å². The van der Waals surface area contributed by atoms with Gasteiger partial charge in [-0.3, -0.25) is 9.59 Å². The summed E-state index contributed by atoms with van der Waals surface area (Å²) in [6, 6.07) is 0. The molecule has 1 unspecified atom stereocenters. The van der Waals surface area contributed by atoms with E-state index in [2.05, 4.69) is 51.3 Å². The first-order chi connectivity index (χ1) is 12.3. The Morgan fingerprint density at radius 2 is 1.63 bits per heavy atom. The fourth-order valence-electron chi connectivity index (χ4n) is 1.73. The Bertz CT molecular complexity index is 470. The number of amides is 1. The highest BCUT2D eigenvalue weighted by molar-refractivity contribution is 7.82. The molecule has 0 rings (SSSR count). The molecule has 0 fully saturated rings. The zero-order valence-electron chi connectivity index (χ0n) is 16.4. The van der Waals surface area contributed by atoms with Crippen LogP contribution in [0.2, 0.25) is 0 Å². The summed E-state index contributed by atoms with van der Waals surface area (Å²) in [5.41, 5.74) is 0.100. The minimum absolute atomic E-state index is 0.0370. The summed E-state index contributed by atoms with van der Waals surface area (Å²) in [5.74, 6) is -0.668. The maximum atomic E-state index is 12.1. The van der Waals surface area contributed by atoms with Crippen molar-refractivity contribution in [2.45, 2.75) is 51.7 Å². The number of hydrogen-bond acceptors (Lipinski definition) is 9. The van der Waals surface area contributed by atoms with Crippen molar-refractivity contribution in [1.82, 2.24) is 5.32 Å². The molecule has 0 aliphatic carbocycles. The second-order valence-electron chi connectivity index (χ2n) is 7.49. The number of hydrogen-bond donors (Lipinski definition) is 5. The summed E-state index contributed by atoms with van der Waals surface area (Å²) in [6.45, 7) is 8.02. The van der Waals surface area contributed by atoms with Crippen LogP contribution in [0.1, 0.15) is 47.0 Å². The minimum atomic E-state index is -3.96. The van der Waals surface area contributed by atoms with E-state index in [9.17, 15) is 19.4 Å². The molecule has 1 atom stereocenters. The fourth-order valence-corrected chi connectivity index (χ4v) is 2.79. The van der Waals surface area contributed by atoms with Crippen LogP contribution in [0.15, 0.2) is 0 Å². The van der Waals surface area contributed by atoms with Crippen molar-refractivity contribution in [1.29, 1.82) is 0 Å². The molecular weight excluding hydrogens is 413 g/mol. The lowest BCUT2D eigenvalue weighted by atomic mass is 9.87. The van der Waals surface area contributed by atoms with Crippen LogP contribution in [-0.4, -0.2) is 58.5 Å². The van der Waals surface area contributed by atoms with Gasteiger partial charge in [-0.2, -0.15) is 44.1 Å². The van der Waals surface area contributed by atoms with Crippen LogP contribution in [0.5, 0.6) is 0 Å². The molecule has 0 aromatic carbocycles. The van der Waals surface area contributed by atoms with Gasteiger partial charge in [0.1, 0.15) is 18.0 Å². The molecule has 3 N–H and O–H groups in total. The molecule has 0 radical (unpaired) electrons. The van der Waals surface area contributed by atoms with Crippen molar-refractivity contribution in [3.8, 4) is 0 Å². The summed E-state index contributed by atoms with van der Waals surface area (Å²) in [5, 5.41) is 2.46. The maximum Gasteiger partial charge on any atom is 0.570 e. The first kappa shape index (κ1) is 26.9. The highest BCUT2D eigenvalue weighted by Gasteiger charge is 2.39. The lowest BCUT2D eigenvalue weighted by molar-refractivity contribution is -0.146. The van der Waals surface area contributed by atoms with Crippen LogP contribution in [0.4, 0.5) is 0 Å². The SMILES string of the molecule is CC(C)(C)CCC(C)(S)C(=O)OCCCO[P+](O)(O)OCCNC(=O)CS. The zero-order valence-corrected chi connectivity index (χ0v) is 19.1. The van der Waals surface area contributed by atoms with Gasteiger partial charge in [-0.05, 0) is 25.2 Å². The summed E-state index contributed by atoms with van der Waals surface area (Å²) in [6.07, 6.45) is 1.70. The Balaban J connectivity index is 3.96. The van der Waals surface area contributed by atoms with Gasteiger partial charge in [0.25, 0.3) is 0 Å². The van der Waals surface area contributed by atoms with E-state index in [4.69, 9.17) is 13.8 Å². The van der Waals surface area contributed by atoms with Crippen molar-refractivity contribution in [3.63, 3.8) is 0 Å². The second-order valence-corrected chi connectivity index (χ2v) is 10.3. The van der Waals surface area contributed by atoms with E-state index in [1.165, 1.54) is 0 Å². The zero-order chi connectivity index (χ0) is 21.1. The quantitative estimate of drug-likeness (QED) is 0.128. The van der Waals surface area contributed by atoms with Gasteiger partial charge in [0.2, 0.25) is 5.91 Å². The molecule has 0 saturated carbocycles. The van der Waals surface area contributed by atoms with Gasteiger partial charge in [-0.1, -0.05) is 20.8 Å². The van der Waals surface area contributed by atoms with Gasteiger partial charge in [-0.25, -0.2) is 0 Å². The third-order valence-electron chi connectivity index (χ3n) is 3.41. The summed E-state index contributed by atoms with van der Waals surface area (Å²) >= 11 is 8.19. The van der Waals surface area contributed by atoms with E-state index < -0.39 is 18.9 Å². The van der Waals surface area contributed by atoms with Crippen molar-refractivity contribution >= 4 is 45.3 Å². The first-order valence-electron chi connectivity index (χ1n) is 8.70. The molecule has 0 saturated heterocycles.